The predicted molar refractivity (Wildman–Crippen MR) is 81.2 cm³/mol. The lowest BCUT2D eigenvalue weighted by atomic mass is 9.99. The van der Waals surface area contributed by atoms with Crippen molar-refractivity contribution in [3.8, 4) is 35.2 Å². The van der Waals surface area contributed by atoms with Crippen molar-refractivity contribution in [3.63, 3.8) is 0 Å². The Labute approximate surface area is 128 Å². The molecule has 0 fully saturated rings. The molecule has 1 heterocycles. The van der Waals surface area contributed by atoms with E-state index in [2.05, 4.69) is 0 Å². The molecule has 22 heavy (non-hydrogen) atoms. The Morgan fingerprint density at radius 2 is 1.64 bits per heavy atom. The summed E-state index contributed by atoms with van der Waals surface area (Å²) in [5.41, 5.74) is 2.08. The number of hydrogen-bond acceptors (Lipinski definition) is 4. The highest BCUT2D eigenvalue weighted by Gasteiger charge is 2.17. The average molecular weight is 288 g/mol. The molecule has 106 valence electrons. The Balaban J connectivity index is 2.68. The molecule has 0 amide bonds. The van der Waals surface area contributed by atoms with Gasteiger partial charge < -0.3 is 9.30 Å². The third-order valence-electron chi connectivity index (χ3n) is 3.29. The lowest BCUT2D eigenvalue weighted by Gasteiger charge is -2.08. The molecule has 0 aliphatic heterocycles. The zero-order valence-electron chi connectivity index (χ0n) is 12.2. The molecular weight excluding hydrogens is 276 g/mol. The van der Waals surface area contributed by atoms with Gasteiger partial charge in [0.25, 0.3) is 0 Å². The number of benzene rings is 1. The molecule has 0 saturated carbocycles. The Bertz CT molecular complexity index is 836. The molecule has 5 heteroatoms. The molecule has 1 aromatic heterocycles. The minimum atomic E-state index is -0.191. The van der Waals surface area contributed by atoms with Gasteiger partial charge in [-0.2, -0.15) is 15.8 Å². The molecule has 0 N–H and O–H groups in total. The molecule has 1 aromatic carbocycles. The molecule has 2 aromatic rings. The number of rotatable bonds is 3. The SMILES string of the molecule is COc1ccc(-c2c(C(C#N)=C(C#N)C#N)ccn2C)cc1. The normalized spacial score (nSPS) is 9.23. The highest BCUT2D eigenvalue weighted by atomic mass is 16.5. The number of nitriles is 3. The number of allylic oxidation sites excluding steroid dienone is 2. The molecule has 0 aliphatic rings. The van der Waals surface area contributed by atoms with E-state index in [1.54, 1.807) is 31.5 Å². The quantitative estimate of drug-likeness (QED) is 0.812. The summed E-state index contributed by atoms with van der Waals surface area (Å²) < 4.78 is 6.98. The first-order valence-electron chi connectivity index (χ1n) is 6.41. The zero-order chi connectivity index (χ0) is 16.1. The van der Waals surface area contributed by atoms with Gasteiger partial charge in [0.2, 0.25) is 0 Å². The van der Waals surface area contributed by atoms with Crippen LogP contribution >= 0.6 is 0 Å². The van der Waals surface area contributed by atoms with Gasteiger partial charge in [-0.1, -0.05) is 0 Å². The first kappa shape index (κ1) is 14.9. The van der Waals surface area contributed by atoms with Crippen molar-refractivity contribution in [1.29, 1.82) is 15.8 Å². The van der Waals surface area contributed by atoms with Crippen molar-refractivity contribution in [2.75, 3.05) is 7.11 Å². The van der Waals surface area contributed by atoms with E-state index in [9.17, 15) is 5.26 Å². The van der Waals surface area contributed by atoms with E-state index < -0.39 is 0 Å². The molecule has 0 unspecified atom stereocenters. The van der Waals surface area contributed by atoms with Crippen LogP contribution in [-0.4, -0.2) is 11.7 Å². The minimum Gasteiger partial charge on any atom is -0.497 e. The van der Waals surface area contributed by atoms with Gasteiger partial charge in [-0.3, -0.25) is 0 Å². The summed E-state index contributed by atoms with van der Waals surface area (Å²) in [6.45, 7) is 0. The third-order valence-corrected chi connectivity index (χ3v) is 3.29. The van der Waals surface area contributed by atoms with E-state index in [1.165, 1.54) is 0 Å². The van der Waals surface area contributed by atoms with Crippen LogP contribution in [0.15, 0.2) is 42.1 Å². The number of methoxy groups -OCH3 is 1. The van der Waals surface area contributed by atoms with Crippen LogP contribution in [0.2, 0.25) is 0 Å². The molecule has 2 rings (SSSR count). The number of aromatic nitrogens is 1. The Hall–Kier alpha value is -3.49. The standard InChI is InChI=1S/C17H12N4O/c1-21-8-7-15(16(11-20)13(9-18)10-19)17(21)12-3-5-14(22-2)6-4-12/h3-8H,1-2H3. The molecule has 0 saturated heterocycles. The van der Waals surface area contributed by atoms with Gasteiger partial charge in [-0.15, -0.1) is 0 Å². The second kappa shape index (κ2) is 6.31. The van der Waals surface area contributed by atoms with Gasteiger partial charge in [0.1, 0.15) is 29.5 Å². The van der Waals surface area contributed by atoms with Gasteiger partial charge in [0.05, 0.1) is 18.4 Å². The van der Waals surface area contributed by atoms with Crippen molar-refractivity contribution in [1.82, 2.24) is 4.57 Å². The second-order valence-electron chi connectivity index (χ2n) is 4.50. The maximum atomic E-state index is 9.34. The number of hydrogen-bond donors (Lipinski definition) is 0. The van der Waals surface area contributed by atoms with Crippen LogP contribution in [0.25, 0.3) is 16.8 Å². The van der Waals surface area contributed by atoms with E-state index in [-0.39, 0.29) is 11.1 Å². The summed E-state index contributed by atoms with van der Waals surface area (Å²) in [5.74, 6) is 0.727. The Morgan fingerprint density at radius 3 is 2.14 bits per heavy atom. The maximum absolute atomic E-state index is 9.34. The minimum absolute atomic E-state index is 0.0800. The lowest BCUT2D eigenvalue weighted by molar-refractivity contribution is 0.415. The number of ether oxygens (including phenoxy) is 1. The van der Waals surface area contributed by atoms with Gasteiger partial charge in [-0.05, 0) is 35.9 Å². The van der Waals surface area contributed by atoms with E-state index in [0.717, 1.165) is 17.0 Å². The maximum Gasteiger partial charge on any atom is 0.148 e. The Kier molecular flexibility index (Phi) is 4.27. The number of nitrogens with zero attached hydrogens (tertiary/aromatic N) is 4. The molecule has 5 nitrogen and oxygen atoms in total. The van der Waals surface area contributed by atoms with E-state index in [0.29, 0.717) is 5.56 Å². The molecule has 0 spiro atoms. The van der Waals surface area contributed by atoms with Crippen molar-refractivity contribution in [3.05, 3.63) is 47.7 Å². The Morgan fingerprint density at radius 1 is 1.00 bits per heavy atom. The highest BCUT2D eigenvalue weighted by Crippen LogP contribution is 2.31. The monoisotopic (exact) mass is 288 g/mol. The van der Waals surface area contributed by atoms with Crippen LogP contribution in [0.1, 0.15) is 5.56 Å². The van der Waals surface area contributed by atoms with Gasteiger partial charge >= 0.3 is 0 Å². The van der Waals surface area contributed by atoms with Crippen molar-refractivity contribution in [2.45, 2.75) is 0 Å². The number of aryl methyl sites for hydroxylation is 1. The summed E-state index contributed by atoms with van der Waals surface area (Å²) >= 11 is 0. The fourth-order valence-corrected chi connectivity index (χ4v) is 2.23. The molecular formula is C17H12N4O. The first-order valence-corrected chi connectivity index (χ1v) is 6.41. The summed E-state index contributed by atoms with van der Waals surface area (Å²) in [6.07, 6.45) is 1.79. The van der Waals surface area contributed by atoms with Crippen LogP contribution in [0.5, 0.6) is 5.75 Å². The lowest BCUT2D eigenvalue weighted by Crippen LogP contribution is -1.95. The summed E-state index contributed by atoms with van der Waals surface area (Å²) in [7, 11) is 3.43. The van der Waals surface area contributed by atoms with Crippen molar-refractivity contribution in [2.24, 2.45) is 7.05 Å². The predicted octanol–water partition coefficient (Wildman–Crippen LogP) is 3.03. The molecule has 0 radical (unpaired) electrons. The second-order valence-corrected chi connectivity index (χ2v) is 4.50. The van der Waals surface area contributed by atoms with Crippen LogP contribution in [-0.2, 0) is 7.05 Å². The highest BCUT2D eigenvalue weighted by molar-refractivity contribution is 5.90. The summed E-state index contributed by atoms with van der Waals surface area (Å²) in [6, 6.07) is 14.6. The summed E-state index contributed by atoms with van der Waals surface area (Å²) in [5, 5.41) is 27.4. The van der Waals surface area contributed by atoms with Crippen LogP contribution < -0.4 is 4.74 Å². The van der Waals surface area contributed by atoms with Crippen LogP contribution in [0.4, 0.5) is 0 Å². The molecule has 0 aliphatic carbocycles. The average Bonchev–Trinajstić information content (AvgIpc) is 2.93. The van der Waals surface area contributed by atoms with Gasteiger partial charge in [0.15, 0.2) is 0 Å². The van der Waals surface area contributed by atoms with Crippen molar-refractivity contribution < 1.29 is 4.74 Å². The van der Waals surface area contributed by atoms with Crippen molar-refractivity contribution >= 4 is 5.57 Å². The van der Waals surface area contributed by atoms with Gasteiger partial charge in [-0.25, -0.2) is 0 Å². The summed E-state index contributed by atoms with van der Waals surface area (Å²) in [4.78, 5) is 0. The van der Waals surface area contributed by atoms with E-state index in [1.807, 2.05) is 41.9 Å². The first-order chi connectivity index (χ1) is 10.7. The third kappa shape index (κ3) is 2.54. The van der Waals surface area contributed by atoms with Gasteiger partial charge in [0, 0.05) is 18.8 Å². The largest absolute Gasteiger partial charge is 0.497 e. The van der Waals surface area contributed by atoms with E-state index in [4.69, 9.17) is 15.3 Å². The zero-order valence-corrected chi connectivity index (χ0v) is 12.2. The fourth-order valence-electron chi connectivity index (χ4n) is 2.23. The molecule has 0 bridgehead atoms. The molecule has 0 atom stereocenters. The smallest absolute Gasteiger partial charge is 0.148 e. The van der Waals surface area contributed by atoms with Crippen LogP contribution in [0.3, 0.4) is 0 Å². The van der Waals surface area contributed by atoms with Crippen LogP contribution in [0, 0.1) is 34.0 Å². The van der Waals surface area contributed by atoms with E-state index >= 15 is 0 Å². The fraction of sp³-hybridized carbons (Fsp3) is 0.118. The topological polar surface area (TPSA) is 85.5 Å².